The van der Waals surface area contributed by atoms with Crippen LogP contribution < -0.4 is 0 Å². The molecule has 2 aromatic rings. The second-order valence-electron chi connectivity index (χ2n) is 3.63. The third-order valence-electron chi connectivity index (χ3n) is 2.31. The van der Waals surface area contributed by atoms with Crippen LogP contribution in [0, 0.1) is 0 Å². The highest BCUT2D eigenvalue weighted by Crippen LogP contribution is 2.24. The van der Waals surface area contributed by atoms with Crippen LogP contribution in [-0.4, -0.2) is 16.7 Å². The summed E-state index contributed by atoms with van der Waals surface area (Å²) in [6.07, 6.45) is 1.35. The van der Waals surface area contributed by atoms with E-state index in [2.05, 4.69) is 4.98 Å². The van der Waals surface area contributed by atoms with E-state index in [1.165, 1.54) is 0 Å². The fourth-order valence-electron chi connectivity index (χ4n) is 1.48. The van der Waals surface area contributed by atoms with Crippen molar-refractivity contribution < 1.29 is 5.11 Å². The predicted octanol–water partition coefficient (Wildman–Crippen LogP) is 3.58. The molecule has 0 saturated heterocycles. The van der Waals surface area contributed by atoms with Crippen molar-refractivity contribution in [2.24, 2.45) is 0 Å². The van der Waals surface area contributed by atoms with Crippen LogP contribution in [-0.2, 0) is 12.8 Å². The molecule has 0 saturated carbocycles. The van der Waals surface area contributed by atoms with Crippen LogP contribution in [0.3, 0.4) is 0 Å². The molecule has 0 spiro atoms. The van der Waals surface area contributed by atoms with Gasteiger partial charge >= 0.3 is 0 Å². The van der Waals surface area contributed by atoms with Crippen LogP contribution >= 0.6 is 34.5 Å². The summed E-state index contributed by atoms with van der Waals surface area (Å²) < 4.78 is 0. The smallest absolute Gasteiger partial charge is 0.0972 e. The molecule has 0 aliphatic heterocycles. The molecule has 1 aromatic heterocycles. The summed E-state index contributed by atoms with van der Waals surface area (Å²) >= 11 is 13.4. The average Bonchev–Trinajstić information content (AvgIpc) is 2.72. The minimum absolute atomic E-state index is 0.135. The predicted molar refractivity (Wildman–Crippen MR) is 72.2 cm³/mol. The number of thiazole rings is 1. The number of halogens is 2. The highest BCUT2D eigenvalue weighted by atomic mass is 35.5. The maximum atomic E-state index is 8.82. The van der Waals surface area contributed by atoms with E-state index in [1.54, 1.807) is 17.4 Å². The highest BCUT2D eigenvalue weighted by Gasteiger charge is 2.05. The lowest BCUT2D eigenvalue weighted by Crippen LogP contribution is -1.92. The lowest BCUT2D eigenvalue weighted by Gasteiger charge is -2.00. The van der Waals surface area contributed by atoms with Gasteiger partial charge in [0.25, 0.3) is 0 Å². The first-order chi connectivity index (χ1) is 8.19. The van der Waals surface area contributed by atoms with Crippen molar-refractivity contribution in [1.29, 1.82) is 0 Å². The van der Waals surface area contributed by atoms with Gasteiger partial charge in [-0.2, -0.15) is 0 Å². The molecule has 2 nitrogen and oxygen atoms in total. The first-order valence-corrected chi connectivity index (χ1v) is 6.80. The number of benzene rings is 1. The summed E-state index contributed by atoms with van der Waals surface area (Å²) in [4.78, 5) is 4.43. The van der Waals surface area contributed by atoms with E-state index in [1.807, 2.05) is 17.5 Å². The van der Waals surface area contributed by atoms with Gasteiger partial charge in [0.2, 0.25) is 0 Å². The molecule has 2 rings (SSSR count). The standard InChI is InChI=1S/C12H11Cl2NOS/c13-10-2-1-8(5-11(10)14)6-12-15-9(3-4-16)7-17-12/h1-2,5,7,16H,3-4,6H2. The fraction of sp³-hybridized carbons (Fsp3) is 0.250. The van der Waals surface area contributed by atoms with Crippen molar-refractivity contribution in [3.63, 3.8) is 0 Å². The topological polar surface area (TPSA) is 33.1 Å². The van der Waals surface area contributed by atoms with Crippen molar-refractivity contribution in [2.45, 2.75) is 12.8 Å². The summed E-state index contributed by atoms with van der Waals surface area (Å²) in [6.45, 7) is 0.135. The van der Waals surface area contributed by atoms with Crippen molar-refractivity contribution in [3.05, 3.63) is 49.9 Å². The molecule has 5 heteroatoms. The van der Waals surface area contributed by atoms with E-state index in [4.69, 9.17) is 28.3 Å². The number of nitrogens with zero attached hydrogens (tertiary/aromatic N) is 1. The summed E-state index contributed by atoms with van der Waals surface area (Å²) in [5.41, 5.74) is 2.02. The lowest BCUT2D eigenvalue weighted by atomic mass is 10.2. The van der Waals surface area contributed by atoms with Crippen molar-refractivity contribution in [2.75, 3.05) is 6.61 Å². The Labute approximate surface area is 114 Å². The zero-order chi connectivity index (χ0) is 12.3. The van der Waals surface area contributed by atoms with E-state index in [0.717, 1.165) is 22.7 Å². The van der Waals surface area contributed by atoms with Gasteiger partial charge in [-0.1, -0.05) is 29.3 Å². The molecule has 1 aromatic carbocycles. The van der Waals surface area contributed by atoms with Crippen LogP contribution in [0.2, 0.25) is 10.0 Å². The van der Waals surface area contributed by atoms with Gasteiger partial charge in [-0.3, -0.25) is 0 Å². The summed E-state index contributed by atoms with van der Waals surface area (Å²) in [7, 11) is 0. The maximum Gasteiger partial charge on any atom is 0.0972 e. The molecule has 0 fully saturated rings. The Kier molecular flexibility index (Phi) is 4.40. The molecule has 0 aliphatic rings. The number of aliphatic hydroxyl groups excluding tert-OH is 1. The number of hydrogen-bond acceptors (Lipinski definition) is 3. The monoisotopic (exact) mass is 287 g/mol. The molecule has 90 valence electrons. The van der Waals surface area contributed by atoms with Crippen LogP contribution in [0.1, 0.15) is 16.3 Å². The molecule has 0 bridgehead atoms. The van der Waals surface area contributed by atoms with Gasteiger partial charge in [-0.25, -0.2) is 4.98 Å². The number of aromatic nitrogens is 1. The van der Waals surface area contributed by atoms with Gasteiger partial charge < -0.3 is 5.11 Å². The Morgan fingerprint density at radius 3 is 2.76 bits per heavy atom. The Morgan fingerprint density at radius 2 is 2.06 bits per heavy atom. The molecular weight excluding hydrogens is 277 g/mol. The van der Waals surface area contributed by atoms with Gasteiger partial charge in [0.15, 0.2) is 0 Å². The van der Waals surface area contributed by atoms with Gasteiger partial charge in [0.05, 0.1) is 20.7 Å². The molecule has 0 radical (unpaired) electrons. The third-order valence-corrected chi connectivity index (χ3v) is 3.94. The third kappa shape index (κ3) is 3.42. The summed E-state index contributed by atoms with van der Waals surface area (Å²) in [6, 6.07) is 5.60. The van der Waals surface area contributed by atoms with E-state index in [-0.39, 0.29) is 6.61 Å². The van der Waals surface area contributed by atoms with E-state index < -0.39 is 0 Å². The van der Waals surface area contributed by atoms with Crippen molar-refractivity contribution >= 4 is 34.5 Å². The van der Waals surface area contributed by atoms with E-state index in [0.29, 0.717) is 16.5 Å². The van der Waals surface area contributed by atoms with Gasteiger partial charge in [0.1, 0.15) is 0 Å². The van der Waals surface area contributed by atoms with Crippen molar-refractivity contribution in [1.82, 2.24) is 4.98 Å². The first kappa shape index (κ1) is 12.8. The number of hydrogen-bond donors (Lipinski definition) is 1. The van der Waals surface area contributed by atoms with Gasteiger partial charge in [0, 0.05) is 24.8 Å². The normalized spacial score (nSPS) is 10.8. The van der Waals surface area contributed by atoms with Crippen LogP contribution in [0.4, 0.5) is 0 Å². The maximum absolute atomic E-state index is 8.82. The summed E-state index contributed by atoms with van der Waals surface area (Å²) in [5.74, 6) is 0. The lowest BCUT2D eigenvalue weighted by molar-refractivity contribution is 0.298. The van der Waals surface area contributed by atoms with Crippen molar-refractivity contribution in [3.8, 4) is 0 Å². The SMILES string of the molecule is OCCc1csc(Cc2ccc(Cl)c(Cl)c2)n1. The number of rotatable bonds is 4. The van der Waals surface area contributed by atoms with Gasteiger partial charge in [-0.15, -0.1) is 11.3 Å². The van der Waals surface area contributed by atoms with Crippen LogP contribution in [0.15, 0.2) is 23.6 Å². The molecular formula is C12H11Cl2NOS. The van der Waals surface area contributed by atoms with Crippen LogP contribution in [0.5, 0.6) is 0 Å². The fourth-order valence-corrected chi connectivity index (χ4v) is 2.67. The zero-order valence-corrected chi connectivity index (χ0v) is 11.3. The van der Waals surface area contributed by atoms with E-state index in [9.17, 15) is 0 Å². The average molecular weight is 288 g/mol. The molecule has 0 aliphatic carbocycles. The number of aliphatic hydroxyl groups is 1. The quantitative estimate of drug-likeness (QED) is 0.933. The largest absolute Gasteiger partial charge is 0.396 e. The zero-order valence-electron chi connectivity index (χ0n) is 8.99. The molecule has 1 N–H and O–H groups in total. The molecule has 0 atom stereocenters. The summed E-state index contributed by atoms with van der Waals surface area (Å²) in [5, 5.41) is 12.9. The molecule has 1 heterocycles. The Bertz CT molecular complexity index is 513. The Balaban J connectivity index is 2.11. The molecule has 17 heavy (non-hydrogen) atoms. The van der Waals surface area contributed by atoms with Gasteiger partial charge in [-0.05, 0) is 17.7 Å². The van der Waals surface area contributed by atoms with Crippen LogP contribution in [0.25, 0.3) is 0 Å². The second kappa shape index (κ2) is 5.83. The molecule has 0 unspecified atom stereocenters. The highest BCUT2D eigenvalue weighted by molar-refractivity contribution is 7.09. The Hall–Kier alpha value is -0.610. The van der Waals surface area contributed by atoms with E-state index >= 15 is 0 Å². The minimum atomic E-state index is 0.135. The molecule has 0 amide bonds. The second-order valence-corrected chi connectivity index (χ2v) is 5.39. The minimum Gasteiger partial charge on any atom is -0.396 e. The first-order valence-electron chi connectivity index (χ1n) is 5.17. The Morgan fingerprint density at radius 1 is 1.24 bits per heavy atom.